The zero-order valence-electron chi connectivity index (χ0n) is 14.9. The average Bonchev–Trinajstić information content (AvgIpc) is 3.06. The van der Waals surface area contributed by atoms with Gasteiger partial charge in [0.1, 0.15) is 5.78 Å². The number of carbonyl (C=O) groups excluding carboxylic acids is 1. The van der Waals surface area contributed by atoms with Crippen LogP contribution >= 0.6 is 0 Å². The van der Waals surface area contributed by atoms with Crippen LogP contribution in [0.3, 0.4) is 0 Å². The number of rotatable bonds is 1. The smallest absolute Gasteiger partial charge is 0.137 e. The highest BCUT2D eigenvalue weighted by atomic mass is 16.6. The summed E-state index contributed by atoms with van der Waals surface area (Å²) in [7, 11) is 0. The summed E-state index contributed by atoms with van der Waals surface area (Å²) in [5.74, 6) is 1.39. The second kappa shape index (κ2) is 7.12. The van der Waals surface area contributed by atoms with E-state index >= 15 is 0 Å². The molecule has 2 rings (SSSR count). The maximum absolute atomic E-state index is 12.2. The fraction of sp³-hybridized carbons (Fsp3) is 0.750. The molecule has 0 N–H and O–H groups in total. The summed E-state index contributed by atoms with van der Waals surface area (Å²) in [5, 5.41) is 0. The van der Waals surface area contributed by atoms with Crippen molar-refractivity contribution in [3.63, 3.8) is 0 Å². The van der Waals surface area contributed by atoms with Gasteiger partial charge in [-0.15, -0.1) is 0 Å². The van der Waals surface area contributed by atoms with E-state index in [-0.39, 0.29) is 5.60 Å². The average molecular weight is 304 g/mol. The fourth-order valence-electron chi connectivity index (χ4n) is 3.45. The number of carbonyl (C=O) groups is 1. The second-order valence-corrected chi connectivity index (χ2v) is 7.93. The predicted octanol–water partition coefficient (Wildman–Crippen LogP) is 5.23. The molecule has 2 nitrogen and oxygen atoms in total. The Morgan fingerprint density at radius 2 is 2.00 bits per heavy atom. The van der Waals surface area contributed by atoms with Gasteiger partial charge in [0.2, 0.25) is 0 Å². The molecule has 2 aliphatic rings. The summed E-state index contributed by atoms with van der Waals surface area (Å²) in [5.41, 5.74) is 2.72. The minimum atomic E-state index is 0.0700. The monoisotopic (exact) mass is 304 g/mol. The van der Waals surface area contributed by atoms with Gasteiger partial charge in [0.05, 0.1) is 11.7 Å². The van der Waals surface area contributed by atoms with Gasteiger partial charge in [0, 0.05) is 12.8 Å². The van der Waals surface area contributed by atoms with Crippen LogP contribution in [0.4, 0.5) is 0 Å². The first kappa shape index (κ1) is 17.5. The molecule has 2 heteroatoms. The van der Waals surface area contributed by atoms with Crippen molar-refractivity contribution in [3.05, 3.63) is 23.3 Å². The summed E-state index contributed by atoms with van der Waals surface area (Å²) < 4.78 is 5.98. The van der Waals surface area contributed by atoms with Gasteiger partial charge in [0.15, 0.2) is 0 Å². The van der Waals surface area contributed by atoms with Crippen LogP contribution < -0.4 is 0 Å². The van der Waals surface area contributed by atoms with Crippen molar-refractivity contribution in [1.82, 2.24) is 0 Å². The van der Waals surface area contributed by atoms with Crippen LogP contribution in [0.5, 0.6) is 0 Å². The molecule has 3 atom stereocenters. The molecule has 1 heterocycles. The topological polar surface area (TPSA) is 29.6 Å². The molecule has 0 spiro atoms. The van der Waals surface area contributed by atoms with Crippen LogP contribution in [0.2, 0.25) is 0 Å². The lowest BCUT2D eigenvalue weighted by Crippen LogP contribution is -2.13. The van der Waals surface area contributed by atoms with E-state index in [1.807, 2.05) is 0 Å². The molecule has 1 aliphatic carbocycles. The van der Waals surface area contributed by atoms with Crippen molar-refractivity contribution in [2.24, 2.45) is 11.8 Å². The van der Waals surface area contributed by atoms with Gasteiger partial charge in [-0.05, 0) is 51.4 Å². The number of ether oxygens (including phenoxy) is 1. The molecule has 0 aromatic rings. The molecular weight excluding hydrogens is 272 g/mol. The van der Waals surface area contributed by atoms with Crippen LogP contribution in [-0.4, -0.2) is 17.5 Å². The summed E-state index contributed by atoms with van der Waals surface area (Å²) in [4.78, 5) is 12.2. The summed E-state index contributed by atoms with van der Waals surface area (Å²) in [6.07, 6.45) is 10.5. The molecule has 0 aromatic carbocycles. The Morgan fingerprint density at radius 1 is 1.27 bits per heavy atom. The number of fused-ring (bicyclic) bond motifs is 1. The van der Waals surface area contributed by atoms with E-state index in [0.717, 1.165) is 25.7 Å². The van der Waals surface area contributed by atoms with Gasteiger partial charge in [-0.25, -0.2) is 0 Å². The molecule has 0 radical (unpaired) electrons. The van der Waals surface area contributed by atoms with E-state index in [1.54, 1.807) is 0 Å². The predicted molar refractivity (Wildman–Crippen MR) is 91.8 cm³/mol. The molecule has 0 bridgehead atoms. The third-order valence-corrected chi connectivity index (χ3v) is 5.24. The van der Waals surface area contributed by atoms with E-state index in [4.69, 9.17) is 4.74 Å². The van der Waals surface area contributed by atoms with Gasteiger partial charge < -0.3 is 4.74 Å². The second-order valence-electron chi connectivity index (χ2n) is 7.93. The van der Waals surface area contributed by atoms with Crippen molar-refractivity contribution in [2.75, 3.05) is 0 Å². The number of allylic oxidation sites excluding steroid dienone is 4. The van der Waals surface area contributed by atoms with Gasteiger partial charge in [-0.3, -0.25) is 4.79 Å². The Kier molecular flexibility index (Phi) is 5.65. The van der Waals surface area contributed by atoms with E-state index in [9.17, 15) is 4.79 Å². The number of Topliss-reactive ketones (excluding diaryl/α,β-unsaturated/α-hetero) is 1. The van der Waals surface area contributed by atoms with Crippen molar-refractivity contribution in [2.45, 2.75) is 84.8 Å². The minimum Gasteiger partial charge on any atom is -0.366 e. The quantitative estimate of drug-likeness (QED) is 0.621. The Labute approximate surface area is 136 Å². The van der Waals surface area contributed by atoms with Gasteiger partial charge in [0.25, 0.3) is 0 Å². The molecule has 22 heavy (non-hydrogen) atoms. The number of hydrogen-bond acceptors (Lipinski definition) is 2. The Balaban J connectivity index is 2.14. The number of ketones is 1. The highest BCUT2D eigenvalue weighted by Crippen LogP contribution is 2.44. The van der Waals surface area contributed by atoms with Gasteiger partial charge in [-0.1, -0.05) is 44.1 Å². The third-order valence-electron chi connectivity index (χ3n) is 5.24. The third kappa shape index (κ3) is 4.81. The van der Waals surface area contributed by atoms with Crippen LogP contribution in [0.1, 0.15) is 73.1 Å². The number of epoxide rings is 1. The summed E-state index contributed by atoms with van der Waals surface area (Å²) in [6, 6.07) is 0. The Bertz CT molecular complexity index is 472. The maximum Gasteiger partial charge on any atom is 0.137 e. The SMILES string of the molecule is C/C1=C/C=C(\C(C)C)CC[C@@]2(C)O[C@@H]2CCC(C)CC(=O)C1. The first-order valence-electron chi connectivity index (χ1n) is 8.86. The Hall–Kier alpha value is -0.890. The molecule has 0 amide bonds. The summed E-state index contributed by atoms with van der Waals surface area (Å²) >= 11 is 0. The molecule has 1 aliphatic heterocycles. The summed E-state index contributed by atoms with van der Waals surface area (Å²) in [6.45, 7) is 11.0. The molecular formula is C20H32O2. The molecule has 1 fully saturated rings. The van der Waals surface area contributed by atoms with E-state index in [2.05, 4.69) is 46.8 Å². The van der Waals surface area contributed by atoms with Crippen LogP contribution in [0.25, 0.3) is 0 Å². The lowest BCUT2D eigenvalue weighted by Gasteiger charge is -2.15. The highest BCUT2D eigenvalue weighted by Gasteiger charge is 2.50. The van der Waals surface area contributed by atoms with E-state index < -0.39 is 0 Å². The minimum absolute atomic E-state index is 0.0700. The van der Waals surface area contributed by atoms with E-state index in [1.165, 1.54) is 11.1 Å². The molecule has 0 aromatic heterocycles. The van der Waals surface area contributed by atoms with Gasteiger partial charge >= 0.3 is 0 Å². The van der Waals surface area contributed by atoms with E-state index in [0.29, 0.717) is 36.6 Å². The van der Waals surface area contributed by atoms with Crippen molar-refractivity contribution in [1.29, 1.82) is 0 Å². The molecule has 124 valence electrons. The zero-order chi connectivity index (χ0) is 16.3. The Morgan fingerprint density at radius 3 is 2.68 bits per heavy atom. The lowest BCUT2D eigenvalue weighted by molar-refractivity contribution is -0.119. The van der Waals surface area contributed by atoms with Crippen molar-refractivity contribution < 1.29 is 9.53 Å². The fourth-order valence-corrected chi connectivity index (χ4v) is 3.45. The van der Waals surface area contributed by atoms with Crippen LogP contribution in [-0.2, 0) is 9.53 Å². The van der Waals surface area contributed by atoms with Crippen LogP contribution in [0.15, 0.2) is 23.3 Å². The lowest BCUT2D eigenvalue weighted by atomic mass is 9.88. The normalized spacial score (nSPS) is 39.3. The largest absolute Gasteiger partial charge is 0.366 e. The standard InChI is InChI=1S/C20H32O2/c1-14(2)17-8-6-15(3)12-18(21)13-16(4)7-9-19-20(5,22-19)11-10-17/h6,8,14,16,19H,7,9-13H2,1-5H3/b15-6-,17-8-/t16?,19-,20-/m1/s1. The molecule has 0 saturated carbocycles. The molecule has 1 unspecified atom stereocenters. The number of hydrogen-bond donors (Lipinski definition) is 0. The maximum atomic E-state index is 12.2. The first-order chi connectivity index (χ1) is 10.3. The highest BCUT2D eigenvalue weighted by molar-refractivity contribution is 5.80. The van der Waals surface area contributed by atoms with Crippen molar-refractivity contribution in [3.8, 4) is 0 Å². The van der Waals surface area contributed by atoms with Crippen molar-refractivity contribution >= 4 is 5.78 Å². The first-order valence-corrected chi connectivity index (χ1v) is 8.86. The molecule has 1 saturated heterocycles. The van der Waals surface area contributed by atoms with Crippen LogP contribution in [0, 0.1) is 11.8 Å². The van der Waals surface area contributed by atoms with Gasteiger partial charge in [-0.2, -0.15) is 0 Å². The zero-order valence-corrected chi connectivity index (χ0v) is 14.9.